The molecule has 6 heteroatoms. The van der Waals surface area contributed by atoms with Crippen LogP contribution in [0.2, 0.25) is 0 Å². The van der Waals surface area contributed by atoms with Crippen molar-refractivity contribution in [2.24, 2.45) is 0 Å². The number of benzene rings is 2. The molecule has 5 nitrogen and oxygen atoms in total. The van der Waals surface area contributed by atoms with Crippen LogP contribution in [0.25, 0.3) is 22.2 Å². The highest BCUT2D eigenvalue weighted by atomic mass is 32.1. The Morgan fingerprint density at radius 1 is 1.03 bits per heavy atom. The van der Waals surface area contributed by atoms with Gasteiger partial charge in [0.2, 0.25) is 0 Å². The molecule has 1 N–H and O–H groups in total. The fourth-order valence-corrected chi connectivity index (χ4v) is 6.19. The van der Waals surface area contributed by atoms with Gasteiger partial charge in [0, 0.05) is 15.8 Å². The molecule has 0 bridgehead atoms. The van der Waals surface area contributed by atoms with E-state index in [1.165, 1.54) is 21.8 Å². The van der Waals surface area contributed by atoms with Gasteiger partial charge in [0.1, 0.15) is 5.00 Å². The number of aryl methyl sites for hydroxylation is 3. The second-order valence-electron chi connectivity index (χ2n) is 9.71. The maximum absolute atomic E-state index is 13.8. The molecule has 1 aliphatic carbocycles. The average Bonchev–Trinajstić information content (AvgIpc) is 3.20. The molecule has 0 unspecified atom stereocenters. The summed E-state index contributed by atoms with van der Waals surface area (Å²) in [4.78, 5) is 32.9. The Labute approximate surface area is 215 Å². The van der Waals surface area contributed by atoms with Crippen molar-refractivity contribution in [2.75, 3.05) is 5.32 Å². The molecule has 1 aliphatic rings. The lowest BCUT2D eigenvalue weighted by atomic mass is 9.95. The number of ether oxygens (including phenoxy) is 1. The largest absolute Gasteiger partial charge is 0.459 e. The monoisotopic (exact) mass is 498 g/mol. The zero-order chi connectivity index (χ0) is 25.4. The van der Waals surface area contributed by atoms with Gasteiger partial charge < -0.3 is 10.1 Å². The molecule has 0 fully saturated rings. The van der Waals surface area contributed by atoms with E-state index >= 15 is 0 Å². The standard InChI is InChI=1S/C30H30N2O3S/c1-17(2)35-30(34)27-22-10-6-8-12-26(22)36-29(27)32-28(33)23-16-25(20-14-13-18(3)15-19(20)4)31-24-11-7-5-9-21(23)24/h5,7,9,11,13-17H,6,8,10,12H2,1-4H3,(H,32,33). The highest BCUT2D eigenvalue weighted by Gasteiger charge is 2.28. The summed E-state index contributed by atoms with van der Waals surface area (Å²) in [6, 6.07) is 15.8. The van der Waals surface area contributed by atoms with E-state index in [1.54, 1.807) is 0 Å². The molecule has 1 amide bonds. The summed E-state index contributed by atoms with van der Waals surface area (Å²) in [6.07, 6.45) is 3.65. The number of aromatic nitrogens is 1. The van der Waals surface area contributed by atoms with Crippen molar-refractivity contribution in [1.29, 1.82) is 0 Å². The van der Waals surface area contributed by atoms with Crippen LogP contribution in [0.5, 0.6) is 0 Å². The van der Waals surface area contributed by atoms with Gasteiger partial charge in [0.05, 0.1) is 28.4 Å². The van der Waals surface area contributed by atoms with E-state index in [0.29, 0.717) is 16.1 Å². The number of anilines is 1. The summed E-state index contributed by atoms with van der Waals surface area (Å²) >= 11 is 1.50. The molecule has 36 heavy (non-hydrogen) atoms. The number of fused-ring (bicyclic) bond motifs is 2. The van der Waals surface area contributed by atoms with Crippen molar-refractivity contribution >= 4 is 39.1 Å². The van der Waals surface area contributed by atoms with Crippen LogP contribution in [0, 0.1) is 13.8 Å². The fraction of sp³-hybridized carbons (Fsp3) is 0.300. The zero-order valence-corrected chi connectivity index (χ0v) is 21.9. The van der Waals surface area contributed by atoms with E-state index in [-0.39, 0.29) is 18.0 Å². The van der Waals surface area contributed by atoms with Crippen LogP contribution >= 0.6 is 11.3 Å². The first kappa shape index (κ1) is 24.2. The number of hydrogen-bond acceptors (Lipinski definition) is 5. The smallest absolute Gasteiger partial charge is 0.341 e. The Balaban J connectivity index is 1.59. The van der Waals surface area contributed by atoms with Gasteiger partial charge >= 0.3 is 5.97 Å². The van der Waals surface area contributed by atoms with Crippen molar-refractivity contribution < 1.29 is 14.3 Å². The minimum Gasteiger partial charge on any atom is -0.459 e. The highest BCUT2D eigenvalue weighted by molar-refractivity contribution is 7.17. The summed E-state index contributed by atoms with van der Waals surface area (Å²) < 4.78 is 5.57. The van der Waals surface area contributed by atoms with Gasteiger partial charge in [-0.15, -0.1) is 11.3 Å². The van der Waals surface area contributed by atoms with Crippen molar-refractivity contribution in [3.8, 4) is 11.3 Å². The number of carbonyl (C=O) groups excluding carboxylic acids is 2. The summed E-state index contributed by atoms with van der Waals surface area (Å²) in [5, 5.41) is 4.43. The first-order chi connectivity index (χ1) is 17.3. The predicted molar refractivity (Wildman–Crippen MR) is 146 cm³/mol. The molecular formula is C30H30N2O3S. The van der Waals surface area contributed by atoms with E-state index in [1.807, 2.05) is 44.2 Å². The Hall–Kier alpha value is -3.51. The van der Waals surface area contributed by atoms with Crippen LogP contribution in [0.4, 0.5) is 5.00 Å². The number of hydrogen-bond donors (Lipinski definition) is 1. The zero-order valence-electron chi connectivity index (χ0n) is 21.1. The summed E-state index contributed by atoms with van der Waals surface area (Å²) in [5.74, 6) is -0.618. The number of para-hydroxylation sites is 1. The van der Waals surface area contributed by atoms with Crippen molar-refractivity contribution in [3.05, 3.63) is 81.2 Å². The van der Waals surface area contributed by atoms with Gasteiger partial charge in [-0.25, -0.2) is 9.78 Å². The molecule has 0 spiro atoms. The Morgan fingerprint density at radius 2 is 1.81 bits per heavy atom. The van der Waals surface area contributed by atoms with Gasteiger partial charge in [0.25, 0.3) is 5.91 Å². The second kappa shape index (κ2) is 9.86. The van der Waals surface area contributed by atoms with Gasteiger partial charge in [-0.3, -0.25) is 4.79 Å². The van der Waals surface area contributed by atoms with Crippen LogP contribution in [0.3, 0.4) is 0 Å². The molecule has 0 aliphatic heterocycles. The number of thiophene rings is 1. The third-order valence-electron chi connectivity index (χ3n) is 6.56. The fourth-order valence-electron chi connectivity index (χ4n) is 4.92. The van der Waals surface area contributed by atoms with Crippen molar-refractivity contribution in [2.45, 2.75) is 59.5 Å². The molecule has 0 atom stereocenters. The summed E-state index contributed by atoms with van der Waals surface area (Å²) in [7, 11) is 0. The molecule has 2 aromatic carbocycles. The topological polar surface area (TPSA) is 68.3 Å². The molecule has 184 valence electrons. The lowest BCUT2D eigenvalue weighted by Gasteiger charge is -2.14. The highest BCUT2D eigenvalue weighted by Crippen LogP contribution is 2.39. The van der Waals surface area contributed by atoms with E-state index < -0.39 is 0 Å². The average molecular weight is 499 g/mol. The van der Waals surface area contributed by atoms with Crippen LogP contribution in [0.1, 0.15) is 69.0 Å². The van der Waals surface area contributed by atoms with Crippen LogP contribution in [0.15, 0.2) is 48.5 Å². The van der Waals surface area contributed by atoms with Crippen molar-refractivity contribution in [3.63, 3.8) is 0 Å². The lowest BCUT2D eigenvalue weighted by molar-refractivity contribution is 0.0378. The molecule has 0 saturated heterocycles. The quantitative estimate of drug-likeness (QED) is 0.294. The lowest BCUT2D eigenvalue weighted by Crippen LogP contribution is -2.18. The minimum atomic E-state index is -0.366. The minimum absolute atomic E-state index is 0.232. The molecule has 4 aromatic rings. The number of pyridine rings is 1. The molecule has 0 saturated carbocycles. The maximum atomic E-state index is 13.8. The second-order valence-corrected chi connectivity index (χ2v) is 10.8. The predicted octanol–water partition coefficient (Wildman–Crippen LogP) is 7.28. The Bertz CT molecular complexity index is 1490. The van der Waals surface area contributed by atoms with E-state index in [9.17, 15) is 9.59 Å². The molecule has 2 heterocycles. The molecule has 0 radical (unpaired) electrons. The number of carbonyl (C=O) groups is 2. The van der Waals surface area contributed by atoms with E-state index in [0.717, 1.165) is 59.0 Å². The Morgan fingerprint density at radius 3 is 2.58 bits per heavy atom. The number of esters is 1. The van der Waals surface area contributed by atoms with Crippen LogP contribution < -0.4 is 5.32 Å². The maximum Gasteiger partial charge on any atom is 0.341 e. The van der Waals surface area contributed by atoms with E-state index in [4.69, 9.17) is 9.72 Å². The van der Waals surface area contributed by atoms with E-state index in [2.05, 4.69) is 37.4 Å². The third-order valence-corrected chi connectivity index (χ3v) is 7.77. The van der Waals surface area contributed by atoms with Gasteiger partial charge in [0.15, 0.2) is 0 Å². The number of rotatable bonds is 5. The Kier molecular flexibility index (Phi) is 6.63. The first-order valence-electron chi connectivity index (χ1n) is 12.5. The summed E-state index contributed by atoms with van der Waals surface area (Å²) in [6.45, 7) is 7.80. The number of nitrogens with zero attached hydrogens (tertiary/aromatic N) is 1. The van der Waals surface area contributed by atoms with Crippen LogP contribution in [-0.2, 0) is 17.6 Å². The normalized spacial score (nSPS) is 13.0. The molecule has 5 rings (SSSR count). The van der Waals surface area contributed by atoms with Gasteiger partial charge in [-0.2, -0.15) is 0 Å². The number of nitrogens with one attached hydrogen (secondary N) is 1. The SMILES string of the molecule is Cc1ccc(-c2cc(C(=O)Nc3sc4c(c3C(=O)OC(C)C)CCCC4)c3ccccc3n2)c(C)c1. The number of amides is 1. The third kappa shape index (κ3) is 4.65. The van der Waals surface area contributed by atoms with Gasteiger partial charge in [-0.1, -0.05) is 42.0 Å². The van der Waals surface area contributed by atoms with Gasteiger partial charge in [-0.05, 0) is 76.6 Å². The summed E-state index contributed by atoms with van der Waals surface area (Å²) in [5.41, 5.74) is 6.86. The molecular weight excluding hydrogens is 468 g/mol. The van der Waals surface area contributed by atoms with Crippen LogP contribution in [-0.4, -0.2) is 23.0 Å². The molecule has 2 aromatic heterocycles. The van der Waals surface area contributed by atoms with Crippen molar-refractivity contribution in [1.82, 2.24) is 4.98 Å². The first-order valence-corrected chi connectivity index (χ1v) is 13.3.